The number of amides is 1. The molecule has 35 heavy (non-hydrogen) atoms. The van der Waals surface area contributed by atoms with Crippen molar-refractivity contribution in [3.8, 4) is 5.88 Å². The van der Waals surface area contributed by atoms with Gasteiger partial charge in [-0.05, 0) is 37.5 Å². The van der Waals surface area contributed by atoms with E-state index in [1.165, 1.54) is 30.0 Å². The fraction of sp³-hybridized carbons (Fsp3) is 0.400. The summed E-state index contributed by atoms with van der Waals surface area (Å²) in [5.74, 6) is 1.80. The molecular weight excluding hydrogens is 446 g/mol. The number of anilines is 2. The molecule has 1 atom stereocenters. The Labute approximate surface area is 205 Å². The van der Waals surface area contributed by atoms with Crippen LogP contribution in [0.1, 0.15) is 29.3 Å². The minimum Gasteiger partial charge on any atom is -0.390 e. The molecule has 1 aromatic carbocycles. The molecule has 1 fully saturated rings. The van der Waals surface area contributed by atoms with Crippen molar-refractivity contribution in [1.29, 1.82) is 0 Å². The van der Waals surface area contributed by atoms with E-state index in [1.54, 1.807) is 6.20 Å². The minimum absolute atomic E-state index is 0.0608. The van der Waals surface area contributed by atoms with E-state index in [1.807, 2.05) is 18.2 Å². The minimum atomic E-state index is -0.641. The Morgan fingerprint density at radius 3 is 2.57 bits per heavy atom. The van der Waals surface area contributed by atoms with E-state index in [9.17, 15) is 4.79 Å². The first-order chi connectivity index (χ1) is 17.0. The van der Waals surface area contributed by atoms with Gasteiger partial charge in [-0.3, -0.25) is 5.32 Å². The quantitative estimate of drug-likeness (QED) is 0.514. The second-order valence-corrected chi connectivity index (χ2v) is 8.58. The number of carbonyl (C=O) groups is 1. The number of hydrogen-bond acceptors (Lipinski definition) is 9. The van der Waals surface area contributed by atoms with E-state index < -0.39 is 6.09 Å². The molecule has 0 spiro atoms. The van der Waals surface area contributed by atoms with Crippen molar-refractivity contribution >= 4 is 17.7 Å². The molecular formula is C25H31N7O3. The Kier molecular flexibility index (Phi) is 7.71. The van der Waals surface area contributed by atoms with Crippen LogP contribution in [0.2, 0.25) is 0 Å². The number of piperazine rings is 1. The lowest BCUT2D eigenvalue weighted by Crippen LogP contribution is -2.53. The highest BCUT2D eigenvalue weighted by atomic mass is 16.6. The van der Waals surface area contributed by atoms with Crippen molar-refractivity contribution in [2.24, 2.45) is 0 Å². The van der Waals surface area contributed by atoms with E-state index in [-0.39, 0.29) is 18.7 Å². The zero-order valence-electron chi connectivity index (χ0n) is 20.6. The first kappa shape index (κ1) is 24.3. The van der Waals surface area contributed by atoms with Crippen LogP contribution in [-0.4, -0.2) is 65.8 Å². The lowest BCUT2D eigenvalue weighted by atomic mass is 10.0. The average Bonchev–Trinajstić information content (AvgIpc) is 2.87. The van der Waals surface area contributed by atoms with E-state index >= 15 is 0 Å². The van der Waals surface area contributed by atoms with E-state index in [0.717, 1.165) is 43.4 Å². The summed E-state index contributed by atoms with van der Waals surface area (Å²) < 4.78 is 9.86. The molecule has 1 N–H and O–H groups in total. The van der Waals surface area contributed by atoms with E-state index in [2.05, 4.69) is 68.2 Å². The highest BCUT2D eigenvalue weighted by Crippen LogP contribution is 2.26. The summed E-state index contributed by atoms with van der Waals surface area (Å²) in [6.07, 6.45) is 3.21. The molecule has 0 unspecified atom stereocenters. The Bertz CT molecular complexity index is 1140. The molecule has 3 aromatic rings. The molecule has 3 heterocycles. The summed E-state index contributed by atoms with van der Waals surface area (Å²) in [6.45, 7) is 8.79. The third kappa shape index (κ3) is 5.83. The van der Waals surface area contributed by atoms with Crippen molar-refractivity contribution < 1.29 is 14.3 Å². The molecule has 10 nitrogen and oxygen atoms in total. The second-order valence-electron chi connectivity index (χ2n) is 8.58. The molecule has 1 aliphatic rings. The van der Waals surface area contributed by atoms with Crippen LogP contribution in [-0.2, 0) is 11.2 Å². The summed E-state index contributed by atoms with van der Waals surface area (Å²) in [5.41, 5.74) is 4.59. The number of benzene rings is 1. The molecule has 2 aromatic heterocycles. The molecule has 1 saturated heterocycles. The molecule has 1 amide bonds. The number of nitrogens with zero attached hydrogens (tertiary/aromatic N) is 6. The lowest BCUT2D eigenvalue weighted by Gasteiger charge is -2.41. The first-order valence-electron chi connectivity index (χ1n) is 11.6. The van der Waals surface area contributed by atoms with Crippen LogP contribution in [0.4, 0.5) is 16.4 Å². The van der Waals surface area contributed by atoms with Gasteiger partial charge in [0.2, 0.25) is 5.88 Å². The maximum atomic E-state index is 11.6. The van der Waals surface area contributed by atoms with Gasteiger partial charge in [0.15, 0.2) is 5.82 Å². The maximum Gasteiger partial charge on any atom is 0.415 e. The second kappa shape index (κ2) is 11.1. The normalized spacial score (nSPS) is 15.7. The molecule has 1 aliphatic heterocycles. The van der Waals surface area contributed by atoms with Crippen LogP contribution in [0.15, 0.2) is 42.7 Å². The molecule has 0 saturated carbocycles. The summed E-state index contributed by atoms with van der Waals surface area (Å²) in [4.78, 5) is 24.8. The highest BCUT2D eigenvalue weighted by molar-refractivity contribution is 5.69. The predicted molar refractivity (Wildman–Crippen MR) is 133 cm³/mol. The topological polar surface area (TPSA) is 106 Å². The number of rotatable bonds is 7. The van der Waals surface area contributed by atoms with Gasteiger partial charge in [0.1, 0.15) is 12.5 Å². The standard InChI is InChI=1S/C25H31N7O3/c1-17-15-31(24-19(3)18(2)21(29-30-24)12-20-8-6-5-7-9-20)10-11-32(17)22-13-27-23(14-26-22)35-25(33)28-16-34-4/h5-9,13-14,17H,10-12,15-16H2,1-4H3,(H,28,33)/t17-/m1/s1. The van der Waals surface area contributed by atoms with Gasteiger partial charge >= 0.3 is 6.09 Å². The Balaban J connectivity index is 1.40. The fourth-order valence-electron chi connectivity index (χ4n) is 4.16. The van der Waals surface area contributed by atoms with Crippen LogP contribution in [0.25, 0.3) is 0 Å². The molecule has 184 valence electrons. The van der Waals surface area contributed by atoms with Gasteiger partial charge in [-0.15, -0.1) is 5.10 Å². The van der Waals surface area contributed by atoms with Crippen LogP contribution >= 0.6 is 0 Å². The van der Waals surface area contributed by atoms with Gasteiger partial charge in [0.25, 0.3) is 0 Å². The number of hydrogen-bond donors (Lipinski definition) is 1. The summed E-state index contributed by atoms with van der Waals surface area (Å²) in [7, 11) is 1.48. The Hall–Kier alpha value is -3.79. The van der Waals surface area contributed by atoms with Crippen molar-refractivity contribution in [3.63, 3.8) is 0 Å². The van der Waals surface area contributed by atoms with Crippen LogP contribution < -0.4 is 19.9 Å². The largest absolute Gasteiger partial charge is 0.415 e. The average molecular weight is 478 g/mol. The van der Waals surface area contributed by atoms with Crippen molar-refractivity contribution in [3.05, 3.63) is 65.1 Å². The number of carbonyl (C=O) groups excluding carboxylic acids is 1. The van der Waals surface area contributed by atoms with Crippen LogP contribution in [0, 0.1) is 13.8 Å². The monoisotopic (exact) mass is 477 g/mol. The highest BCUT2D eigenvalue weighted by Gasteiger charge is 2.27. The van der Waals surface area contributed by atoms with Gasteiger partial charge < -0.3 is 19.3 Å². The van der Waals surface area contributed by atoms with Crippen LogP contribution in [0.3, 0.4) is 0 Å². The fourth-order valence-corrected chi connectivity index (χ4v) is 4.16. The zero-order chi connectivity index (χ0) is 24.8. The number of nitrogens with one attached hydrogen (secondary N) is 1. The van der Waals surface area contributed by atoms with Gasteiger partial charge in [-0.25, -0.2) is 14.8 Å². The van der Waals surface area contributed by atoms with E-state index in [4.69, 9.17) is 9.47 Å². The predicted octanol–water partition coefficient (Wildman–Crippen LogP) is 2.88. The van der Waals surface area contributed by atoms with Gasteiger partial charge in [-0.1, -0.05) is 30.3 Å². The number of ether oxygens (including phenoxy) is 2. The molecule has 10 heteroatoms. The van der Waals surface area contributed by atoms with Gasteiger partial charge in [-0.2, -0.15) is 5.10 Å². The van der Waals surface area contributed by atoms with Crippen molar-refractivity contribution in [1.82, 2.24) is 25.5 Å². The third-order valence-electron chi connectivity index (χ3n) is 6.20. The number of methoxy groups -OCH3 is 1. The zero-order valence-corrected chi connectivity index (χ0v) is 20.6. The van der Waals surface area contributed by atoms with Crippen LogP contribution in [0.5, 0.6) is 5.88 Å². The third-order valence-corrected chi connectivity index (χ3v) is 6.20. The Morgan fingerprint density at radius 2 is 1.89 bits per heavy atom. The van der Waals surface area contributed by atoms with Gasteiger partial charge in [0.05, 0.1) is 18.1 Å². The Morgan fingerprint density at radius 1 is 1.09 bits per heavy atom. The van der Waals surface area contributed by atoms with Crippen molar-refractivity contribution in [2.45, 2.75) is 33.2 Å². The SMILES string of the molecule is COCNC(=O)Oc1cnc(N2CCN(c3nnc(Cc4ccccc4)c(C)c3C)C[C@H]2C)cn1. The molecule has 0 bridgehead atoms. The molecule has 0 aliphatic carbocycles. The smallest absolute Gasteiger partial charge is 0.390 e. The summed E-state index contributed by atoms with van der Waals surface area (Å²) in [5, 5.41) is 11.6. The lowest BCUT2D eigenvalue weighted by molar-refractivity contribution is 0.152. The van der Waals surface area contributed by atoms with E-state index in [0.29, 0.717) is 0 Å². The number of aromatic nitrogens is 4. The summed E-state index contributed by atoms with van der Waals surface area (Å²) in [6, 6.07) is 10.5. The maximum absolute atomic E-state index is 11.6. The van der Waals surface area contributed by atoms with Crippen molar-refractivity contribution in [2.75, 3.05) is 43.3 Å². The van der Waals surface area contributed by atoms with Gasteiger partial charge in [0, 0.05) is 39.2 Å². The first-order valence-corrected chi connectivity index (χ1v) is 11.6. The summed E-state index contributed by atoms with van der Waals surface area (Å²) >= 11 is 0. The molecule has 0 radical (unpaired) electrons. The molecule has 4 rings (SSSR count).